The molecule has 0 fully saturated rings. The molecule has 2 amide bonds. The number of nitrogens with zero attached hydrogens (tertiary/aromatic N) is 1. The molecule has 2 rings (SSSR count). The van der Waals surface area contributed by atoms with E-state index in [2.05, 4.69) is 5.32 Å². The lowest BCUT2D eigenvalue weighted by molar-refractivity contribution is -0.136. The summed E-state index contributed by atoms with van der Waals surface area (Å²) in [5.41, 5.74) is 3.50. The van der Waals surface area contributed by atoms with Crippen molar-refractivity contribution in [3.63, 3.8) is 0 Å². The number of benzene rings is 1. The summed E-state index contributed by atoms with van der Waals surface area (Å²) in [7, 11) is 0. The fourth-order valence-corrected chi connectivity index (χ4v) is 1.87. The van der Waals surface area contributed by atoms with Crippen LogP contribution in [0.3, 0.4) is 0 Å². The van der Waals surface area contributed by atoms with Gasteiger partial charge in [0.15, 0.2) is 0 Å². The third-order valence-electron chi connectivity index (χ3n) is 3.11. The Kier molecular flexibility index (Phi) is 3.19. The third-order valence-corrected chi connectivity index (χ3v) is 3.11. The molecule has 0 unspecified atom stereocenters. The number of imide groups is 1. The molecule has 0 saturated heterocycles. The van der Waals surface area contributed by atoms with Crippen LogP contribution in [0.5, 0.6) is 0 Å². The Morgan fingerprint density at radius 1 is 1.17 bits per heavy atom. The minimum atomic E-state index is -0.263. The van der Waals surface area contributed by atoms with Crippen LogP contribution in [0.2, 0.25) is 0 Å². The Labute approximate surface area is 106 Å². The maximum atomic E-state index is 11.9. The second kappa shape index (κ2) is 4.64. The number of amides is 2. The smallest absolute Gasteiger partial charge is 0.277 e. The third kappa shape index (κ3) is 2.14. The number of carbonyl (C=O) groups is 2. The SMILES string of the molecule is CCN1C(=O)C=C(Nc2ccc(C)c(C)c2)C1=O. The van der Waals surface area contributed by atoms with E-state index in [4.69, 9.17) is 0 Å². The second-order valence-corrected chi connectivity index (χ2v) is 4.37. The first-order chi connectivity index (χ1) is 8.52. The van der Waals surface area contributed by atoms with Crippen molar-refractivity contribution >= 4 is 17.5 Å². The minimum Gasteiger partial charge on any atom is -0.351 e. The summed E-state index contributed by atoms with van der Waals surface area (Å²) in [4.78, 5) is 24.6. The Morgan fingerprint density at radius 2 is 1.89 bits per heavy atom. The number of anilines is 1. The van der Waals surface area contributed by atoms with Gasteiger partial charge in [0, 0.05) is 18.3 Å². The lowest BCUT2D eigenvalue weighted by atomic mass is 10.1. The molecule has 1 aromatic carbocycles. The van der Waals surface area contributed by atoms with Crippen LogP contribution in [0, 0.1) is 13.8 Å². The Bertz CT molecular complexity index is 547. The van der Waals surface area contributed by atoms with Crippen LogP contribution in [0.25, 0.3) is 0 Å². The van der Waals surface area contributed by atoms with Gasteiger partial charge in [0.1, 0.15) is 5.70 Å². The fraction of sp³-hybridized carbons (Fsp3) is 0.286. The van der Waals surface area contributed by atoms with Gasteiger partial charge in [0.25, 0.3) is 11.8 Å². The van der Waals surface area contributed by atoms with Gasteiger partial charge in [-0.1, -0.05) is 6.07 Å². The van der Waals surface area contributed by atoms with Crippen LogP contribution < -0.4 is 5.32 Å². The van der Waals surface area contributed by atoms with Crippen molar-refractivity contribution in [2.24, 2.45) is 0 Å². The Balaban J connectivity index is 2.20. The monoisotopic (exact) mass is 244 g/mol. The Morgan fingerprint density at radius 3 is 2.44 bits per heavy atom. The van der Waals surface area contributed by atoms with Crippen LogP contribution in [-0.4, -0.2) is 23.3 Å². The van der Waals surface area contributed by atoms with Gasteiger partial charge in [0.2, 0.25) is 0 Å². The molecule has 0 radical (unpaired) electrons. The maximum Gasteiger partial charge on any atom is 0.277 e. The highest BCUT2D eigenvalue weighted by Crippen LogP contribution is 2.19. The summed E-state index contributed by atoms with van der Waals surface area (Å²) >= 11 is 0. The topological polar surface area (TPSA) is 49.4 Å². The van der Waals surface area contributed by atoms with Gasteiger partial charge in [-0.2, -0.15) is 0 Å². The van der Waals surface area contributed by atoms with Crippen LogP contribution in [0.1, 0.15) is 18.1 Å². The highest BCUT2D eigenvalue weighted by Gasteiger charge is 2.29. The first kappa shape index (κ1) is 12.4. The molecule has 0 saturated carbocycles. The number of nitrogens with one attached hydrogen (secondary N) is 1. The number of likely N-dealkylation sites (N-methyl/N-ethyl adjacent to an activating group) is 1. The van der Waals surface area contributed by atoms with E-state index in [1.807, 2.05) is 32.0 Å². The quantitative estimate of drug-likeness (QED) is 0.827. The van der Waals surface area contributed by atoms with E-state index in [1.165, 1.54) is 16.5 Å². The number of hydrogen-bond donors (Lipinski definition) is 1. The molecule has 0 aromatic heterocycles. The van der Waals surface area contributed by atoms with Crippen molar-refractivity contribution in [3.05, 3.63) is 41.1 Å². The molecule has 1 aromatic rings. The number of hydrogen-bond acceptors (Lipinski definition) is 3. The standard InChI is InChI=1S/C14H16N2O2/c1-4-16-13(17)8-12(14(16)18)15-11-6-5-9(2)10(3)7-11/h5-8,15H,4H2,1-3H3. The summed E-state index contributed by atoms with van der Waals surface area (Å²) in [5.74, 6) is -0.519. The van der Waals surface area contributed by atoms with Gasteiger partial charge >= 0.3 is 0 Å². The highest BCUT2D eigenvalue weighted by molar-refractivity contribution is 6.17. The average molecular weight is 244 g/mol. The van der Waals surface area contributed by atoms with Gasteiger partial charge in [-0.25, -0.2) is 0 Å². The van der Waals surface area contributed by atoms with E-state index in [1.54, 1.807) is 6.92 Å². The van der Waals surface area contributed by atoms with Crippen LogP contribution >= 0.6 is 0 Å². The van der Waals surface area contributed by atoms with Crippen molar-refractivity contribution in [1.82, 2.24) is 4.90 Å². The summed E-state index contributed by atoms with van der Waals surface area (Å²) in [5, 5.41) is 3.00. The molecule has 1 aliphatic rings. The summed E-state index contributed by atoms with van der Waals surface area (Å²) in [6.45, 7) is 6.21. The normalized spacial score (nSPS) is 15.1. The maximum absolute atomic E-state index is 11.9. The van der Waals surface area contributed by atoms with E-state index < -0.39 is 0 Å². The predicted molar refractivity (Wildman–Crippen MR) is 70.0 cm³/mol. The summed E-state index contributed by atoms with van der Waals surface area (Å²) in [6, 6.07) is 5.84. The van der Waals surface area contributed by atoms with E-state index in [0.29, 0.717) is 12.2 Å². The first-order valence-electron chi connectivity index (χ1n) is 5.94. The molecule has 18 heavy (non-hydrogen) atoms. The minimum absolute atomic E-state index is 0.256. The van der Waals surface area contributed by atoms with E-state index in [0.717, 1.165) is 11.3 Å². The van der Waals surface area contributed by atoms with Gasteiger partial charge in [0.05, 0.1) is 0 Å². The molecule has 0 atom stereocenters. The number of carbonyl (C=O) groups excluding carboxylic acids is 2. The van der Waals surface area contributed by atoms with Crippen LogP contribution in [0.4, 0.5) is 5.69 Å². The lowest BCUT2D eigenvalue weighted by Gasteiger charge is -2.12. The molecule has 1 aliphatic heterocycles. The molecule has 0 spiro atoms. The van der Waals surface area contributed by atoms with Gasteiger partial charge in [-0.05, 0) is 44.0 Å². The highest BCUT2D eigenvalue weighted by atomic mass is 16.2. The molecule has 1 heterocycles. The van der Waals surface area contributed by atoms with Crippen LogP contribution in [-0.2, 0) is 9.59 Å². The molecule has 1 N–H and O–H groups in total. The molecular formula is C14H16N2O2. The van der Waals surface area contributed by atoms with E-state index in [-0.39, 0.29) is 11.8 Å². The zero-order chi connectivity index (χ0) is 13.3. The molecule has 4 nitrogen and oxygen atoms in total. The van der Waals surface area contributed by atoms with Crippen molar-refractivity contribution < 1.29 is 9.59 Å². The molecule has 0 bridgehead atoms. The van der Waals surface area contributed by atoms with Crippen molar-refractivity contribution in [3.8, 4) is 0 Å². The summed E-state index contributed by atoms with van der Waals surface area (Å²) in [6.07, 6.45) is 1.35. The summed E-state index contributed by atoms with van der Waals surface area (Å²) < 4.78 is 0. The molecular weight excluding hydrogens is 228 g/mol. The zero-order valence-electron chi connectivity index (χ0n) is 10.8. The first-order valence-corrected chi connectivity index (χ1v) is 5.94. The predicted octanol–water partition coefficient (Wildman–Crippen LogP) is 1.99. The van der Waals surface area contributed by atoms with E-state index in [9.17, 15) is 9.59 Å². The van der Waals surface area contributed by atoms with Crippen molar-refractivity contribution in [1.29, 1.82) is 0 Å². The Hall–Kier alpha value is -2.10. The van der Waals surface area contributed by atoms with Crippen molar-refractivity contribution in [2.45, 2.75) is 20.8 Å². The van der Waals surface area contributed by atoms with Crippen LogP contribution in [0.15, 0.2) is 30.0 Å². The average Bonchev–Trinajstić information content (AvgIpc) is 2.59. The fourth-order valence-electron chi connectivity index (χ4n) is 1.87. The molecule has 0 aliphatic carbocycles. The van der Waals surface area contributed by atoms with Crippen molar-refractivity contribution in [2.75, 3.05) is 11.9 Å². The molecule has 4 heteroatoms. The molecule has 94 valence electrons. The van der Waals surface area contributed by atoms with Gasteiger partial charge in [-0.3, -0.25) is 14.5 Å². The largest absolute Gasteiger partial charge is 0.351 e. The second-order valence-electron chi connectivity index (χ2n) is 4.37. The zero-order valence-corrected chi connectivity index (χ0v) is 10.8. The van der Waals surface area contributed by atoms with Gasteiger partial charge in [-0.15, -0.1) is 0 Å². The number of rotatable bonds is 3. The lowest BCUT2D eigenvalue weighted by Crippen LogP contribution is -2.31. The van der Waals surface area contributed by atoms with Gasteiger partial charge < -0.3 is 5.32 Å². The number of aryl methyl sites for hydroxylation is 2. The van der Waals surface area contributed by atoms with E-state index >= 15 is 0 Å².